The smallest absolute Gasteiger partial charge is 0.300 e. The van der Waals surface area contributed by atoms with Gasteiger partial charge in [-0.05, 0) is 57.6 Å². The quantitative estimate of drug-likeness (QED) is 0.647. The van der Waals surface area contributed by atoms with Crippen LogP contribution in [0.25, 0.3) is 11.3 Å². The fourth-order valence-electron chi connectivity index (χ4n) is 6.28. The molecule has 2 unspecified atom stereocenters. The van der Waals surface area contributed by atoms with Crippen LogP contribution in [0.5, 0.6) is 0 Å². The van der Waals surface area contributed by atoms with Gasteiger partial charge in [0.1, 0.15) is 0 Å². The molecule has 0 amide bonds. The SMILES string of the molecule is CC(C)n1nc(-c2cnc(C(F)(F)F)nc2)cc1C1C2CC(N3CCC4(CSC4)C3)CC21. The minimum atomic E-state index is -4.53. The Kier molecular flexibility index (Phi) is 4.71. The third kappa shape index (κ3) is 3.38. The molecule has 5 nitrogen and oxygen atoms in total. The molecule has 0 radical (unpaired) electrons. The summed E-state index contributed by atoms with van der Waals surface area (Å²) in [6, 6.07) is 2.98. The summed E-state index contributed by atoms with van der Waals surface area (Å²) in [5.74, 6) is 3.50. The van der Waals surface area contributed by atoms with E-state index in [9.17, 15) is 13.2 Å². The van der Waals surface area contributed by atoms with Gasteiger partial charge < -0.3 is 0 Å². The molecule has 32 heavy (non-hydrogen) atoms. The fourth-order valence-corrected chi connectivity index (χ4v) is 7.53. The molecule has 4 fully saturated rings. The zero-order valence-corrected chi connectivity index (χ0v) is 19.2. The van der Waals surface area contributed by atoms with Gasteiger partial charge in [-0.2, -0.15) is 30.0 Å². The van der Waals surface area contributed by atoms with E-state index in [2.05, 4.69) is 51.2 Å². The average Bonchev–Trinajstić information content (AvgIpc) is 3.20. The highest BCUT2D eigenvalue weighted by Crippen LogP contribution is 2.64. The summed E-state index contributed by atoms with van der Waals surface area (Å²) < 4.78 is 40.5. The Labute approximate surface area is 190 Å². The summed E-state index contributed by atoms with van der Waals surface area (Å²) in [5.41, 5.74) is 3.03. The van der Waals surface area contributed by atoms with Crippen molar-refractivity contribution in [3.63, 3.8) is 0 Å². The van der Waals surface area contributed by atoms with Crippen LogP contribution in [0.2, 0.25) is 0 Å². The Morgan fingerprint density at radius 3 is 2.34 bits per heavy atom. The predicted octanol–water partition coefficient (Wildman–Crippen LogP) is 4.87. The highest BCUT2D eigenvalue weighted by molar-refractivity contribution is 8.00. The van der Waals surface area contributed by atoms with Gasteiger partial charge in [-0.15, -0.1) is 0 Å². The molecule has 2 aliphatic heterocycles. The van der Waals surface area contributed by atoms with E-state index in [-0.39, 0.29) is 6.04 Å². The minimum absolute atomic E-state index is 0.195. The van der Waals surface area contributed by atoms with Crippen LogP contribution in [0.4, 0.5) is 13.2 Å². The van der Waals surface area contributed by atoms with Crippen LogP contribution in [0.15, 0.2) is 18.5 Å². The number of likely N-dealkylation sites (tertiary alicyclic amines) is 1. The number of hydrogen-bond acceptors (Lipinski definition) is 5. The van der Waals surface area contributed by atoms with Crippen molar-refractivity contribution < 1.29 is 13.2 Å². The van der Waals surface area contributed by atoms with Crippen LogP contribution in [0, 0.1) is 17.3 Å². The molecule has 6 rings (SSSR count). The summed E-state index contributed by atoms with van der Waals surface area (Å²) >= 11 is 2.09. The molecule has 2 saturated heterocycles. The lowest BCUT2D eigenvalue weighted by Gasteiger charge is -2.38. The highest BCUT2D eigenvalue weighted by atomic mass is 32.2. The molecule has 2 aliphatic carbocycles. The Balaban J connectivity index is 1.18. The van der Waals surface area contributed by atoms with E-state index < -0.39 is 12.0 Å². The number of fused-ring (bicyclic) bond motifs is 1. The predicted molar refractivity (Wildman–Crippen MR) is 117 cm³/mol. The van der Waals surface area contributed by atoms with Crippen LogP contribution < -0.4 is 0 Å². The summed E-state index contributed by atoms with van der Waals surface area (Å²) in [5, 5.41) is 4.74. The number of thioether (sulfide) groups is 1. The van der Waals surface area contributed by atoms with Crippen LogP contribution in [-0.2, 0) is 6.18 Å². The standard InChI is InChI=1S/C23H28F3N5S/c1-13(2)31-19(7-18(29-31)14-8-27-21(28-9-14)23(24,25)26)20-16-5-15(6-17(16)20)30-4-3-22(10-30)11-32-12-22/h7-9,13,15-17,20H,3-6,10-12H2,1-2H3. The number of alkyl halides is 3. The van der Waals surface area contributed by atoms with Crippen molar-refractivity contribution in [1.82, 2.24) is 24.6 Å². The normalized spacial score (nSPS) is 31.3. The van der Waals surface area contributed by atoms with Gasteiger partial charge >= 0.3 is 6.18 Å². The van der Waals surface area contributed by atoms with Crippen molar-refractivity contribution in [2.75, 3.05) is 24.6 Å². The number of nitrogens with zero attached hydrogens (tertiary/aromatic N) is 5. The van der Waals surface area contributed by atoms with E-state index in [0.717, 1.165) is 6.04 Å². The van der Waals surface area contributed by atoms with E-state index in [1.807, 2.05) is 0 Å². The minimum Gasteiger partial charge on any atom is -0.300 e. The molecule has 2 atom stereocenters. The Morgan fingerprint density at radius 2 is 1.81 bits per heavy atom. The fraction of sp³-hybridized carbons (Fsp3) is 0.696. The molecule has 4 aliphatic rings. The van der Waals surface area contributed by atoms with Crippen molar-refractivity contribution in [2.24, 2.45) is 17.3 Å². The van der Waals surface area contributed by atoms with E-state index in [4.69, 9.17) is 5.10 Å². The average molecular weight is 464 g/mol. The van der Waals surface area contributed by atoms with E-state index >= 15 is 0 Å². The Morgan fingerprint density at radius 1 is 1.12 bits per heavy atom. The Bertz CT molecular complexity index is 1000. The molecule has 0 bridgehead atoms. The van der Waals surface area contributed by atoms with Gasteiger partial charge in [0.25, 0.3) is 0 Å². The second-order valence-electron chi connectivity index (χ2n) is 10.5. The van der Waals surface area contributed by atoms with Crippen LogP contribution in [-0.4, -0.2) is 55.3 Å². The van der Waals surface area contributed by atoms with Crippen LogP contribution in [0.3, 0.4) is 0 Å². The van der Waals surface area contributed by atoms with Crippen molar-refractivity contribution in [3.05, 3.63) is 30.0 Å². The van der Waals surface area contributed by atoms with Gasteiger partial charge in [0, 0.05) is 65.1 Å². The largest absolute Gasteiger partial charge is 0.451 e. The molecular formula is C23H28F3N5S. The highest BCUT2D eigenvalue weighted by Gasteiger charge is 2.59. The number of aromatic nitrogens is 4. The first-order chi connectivity index (χ1) is 15.2. The van der Waals surface area contributed by atoms with Crippen LogP contribution in [0.1, 0.15) is 56.6 Å². The first kappa shape index (κ1) is 21.0. The monoisotopic (exact) mass is 463 g/mol. The molecule has 2 aromatic rings. The van der Waals surface area contributed by atoms with E-state index in [0.29, 0.717) is 34.4 Å². The first-order valence-electron chi connectivity index (χ1n) is 11.5. The summed E-state index contributed by atoms with van der Waals surface area (Å²) in [6.07, 6.45) is 1.83. The van der Waals surface area contributed by atoms with Gasteiger partial charge in [-0.25, -0.2) is 9.97 Å². The number of hydrogen-bond donors (Lipinski definition) is 0. The topological polar surface area (TPSA) is 46.8 Å². The first-order valence-corrected chi connectivity index (χ1v) is 12.7. The third-order valence-corrected chi connectivity index (χ3v) is 9.65. The van der Waals surface area contributed by atoms with Gasteiger partial charge in [-0.1, -0.05) is 0 Å². The van der Waals surface area contributed by atoms with Crippen LogP contribution >= 0.6 is 11.8 Å². The molecule has 0 N–H and O–H groups in total. The molecule has 2 aromatic heterocycles. The summed E-state index contributed by atoms with van der Waals surface area (Å²) in [4.78, 5) is 9.78. The maximum Gasteiger partial charge on any atom is 0.451 e. The lowest BCUT2D eigenvalue weighted by atomic mass is 9.91. The molecule has 1 spiro atoms. The molecule has 4 heterocycles. The van der Waals surface area contributed by atoms with Gasteiger partial charge in [0.05, 0.1) is 5.69 Å². The zero-order valence-electron chi connectivity index (χ0n) is 18.3. The second kappa shape index (κ2) is 7.19. The van der Waals surface area contributed by atoms with Gasteiger partial charge in [-0.3, -0.25) is 9.58 Å². The lowest BCUT2D eigenvalue weighted by molar-refractivity contribution is -0.144. The lowest BCUT2D eigenvalue weighted by Crippen LogP contribution is -2.41. The number of halogens is 3. The van der Waals surface area contributed by atoms with E-state index in [1.54, 1.807) is 0 Å². The van der Waals surface area contributed by atoms with Gasteiger partial charge in [0.15, 0.2) is 0 Å². The van der Waals surface area contributed by atoms with Gasteiger partial charge in [0.2, 0.25) is 5.82 Å². The number of rotatable bonds is 4. The zero-order chi connectivity index (χ0) is 22.3. The summed E-state index contributed by atoms with van der Waals surface area (Å²) in [7, 11) is 0. The maximum atomic E-state index is 12.8. The second-order valence-corrected chi connectivity index (χ2v) is 11.5. The van der Waals surface area contributed by atoms with Crippen molar-refractivity contribution in [2.45, 2.75) is 57.3 Å². The Hall–Kier alpha value is -1.61. The molecule has 0 aromatic carbocycles. The molecular weight excluding hydrogens is 435 g/mol. The third-order valence-electron chi connectivity index (χ3n) is 8.02. The molecule has 9 heteroatoms. The summed E-state index contributed by atoms with van der Waals surface area (Å²) in [6.45, 7) is 6.75. The molecule has 2 saturated carbocycles. The molecule has 172 valence electrons. The van der Waals surface area contributed by atoms with Crippen molar-refractivity contribution >= 4 is 11.8 Å². The van der Waals surface area contributed by atoms with E-state index in [1.165, 1.54) is 61.9 Å². The van der Waals surface area contributed by atoms with Crippen molar-refractivity contribution in [1.29, 1.82) is 0 Å². The van der Waals surface area contributed by atoms with Crippen molar-refractivity contribution in [3.8, 4) is 11.3 Å². The maximum absolute atomic E-state index is 12.8.